The molecule has 0 aliphatic rings. The topological polar surface area (TPSA) is 0 Å². The Bertz CT molecular complexity index is 170. The van der Waals surface area contributed by atoms with Crippen molar-refractivity contribution in [3.63, 3.8) is 0 Å². The zero-order valence-electron chi connectivity index (χ0n) is 8.49. The van der Waals surface area contributed by atoms with Gasteiger partial charge in [-0.15, -0.1) is 0 Å². The zero-order chi connectivity index (χ0) is 8.85. The number of hydrogen-bond acceptors (Lipinski definition) is 0. The van der Waals surface area contributed by atoms with Crippen LogP contribution in [0.2, 0.25) is 0 Å². The van der Waals surface area contributed by atoms with E-state index >= 15 is 0 Å². The van der Waals surface area contributed by atoms with Crippen LogP contribution in [0, 0.1) is 0 Å². The van der Waals surface area contributed by atoms with E-state index in [2.05, 4.69) is 40.7 Å². The fraction of sp³-hybridized carbons (Fsp3) is 0.636. The van der Waals surface area contributed by atoms with Gasteiger partial charge in [-0.25, -0.2) is 0 Å². The Kier molecular flexibility index (Phi) is 4.93. The zero-order valence-corrected chi connectivity index (χ0v) is 8.49. The van der Waals surface area contributed by atoms with Gasteiger partial charge in [0, 0.05) is 0 Å². The van der Waals surface area contributed by atoms with Gasteiger partial charge in [0.05, 0.1) is 0 Å². The van der Waals surface area contributed by atoms with Gasteiger partial charge in [-0.2, -0.15) is 0 Å². The van der Waals surface area contributed by atoms with Crippen molar-refractivity contribution in [3.8, 4) is 0 Å². The first-order valence-electron chi connectivity index (χ1n) is 4.46. The Labute approximate surface area is 71.0 Å². The molecule has 0 rings (SSSR count). The number of hydrogen-bond donors (Lipinski definition) is 0. The van der Waals surface area contributed by atoms with Crippen LogP contribution in [0.25, 0.3) is 0 Å². The molecule has 0 unspecified atom stereocenters. The standard InChI is InChI=1S/C11H20/c1-6-8-10(4)11(5)9(3)7-2/h8H,6-7H2,1-5H3/b10-8+,11-9?. The molecule has 0 atom stereocenters. The van der Waals surface area contributed by atoms with E-state index in [1.54, 1.807) is 0 Å². The molecule has 11 heavy (non-hydrogen) atoms. The van der Waals surface area contributed by atoms with E-state index in [1.807, 2.05) is 0 Å². The Morgan fingerprint density at radius 1 is 1.09 bits per heavy atom. The van der Waals surface area contributed by atoms with Crippen molar-refractivity contribution in [2.24, 2.45) is 0 Å². The van der Waals surface area contributed by atoms with E-state index in [0.717, 1.165) is 6.42 Å². The molecule has 0 spiro atoms. The van der Waals surface area contributed by atoms with Gasteiger partial charge in [0.25, 0.3) is 0 Å². The summed E-state index contributed by atoms with van der Waals surface area (Å²) in [6.45, 7) is 11.0. The lowest BCUT2D eigenvalue weighted by molar-refractivity contribution is 1.05. The van der Waals surface area contributed by atoms with E-state index < -0.39 is 0 Å². The highest BCUT2D eigenvalue weighted by Crippen LogP contribution is 2.15. The molecule has 0 saturated heterocycles. The van der Waals surface area contributed by atoms with Crippen LogP contribution in [-0.2, 0) is 0 Å². The molecule has 0 heteroatoms. The molecule has 64 valence electrons. The maximum absolute atomic E-state index is 2.29. The van der Waals surface area contributed by atoms with Crippen molar-refractivity contribution in [1.82, 2.24) is 0 Å². The quantitative estimate of drug-likeness (QED) is 0.534. The maximum Gasteiger partial charge on any atom is -0.0346 e. The lowest BCUT2D eigenvalue weighted by atomic mass is 10.0. The lowest BCUT2D eigenvalue weighted by Crippen LogP contribution is -1.84. The van der Waals surface area contributed by atoms with Crippen LogP contribution < -0.4 is 0 Å². The Morgan fingerprint density at radius 2 is 1.64 bits per heavy atom. The lowest BCUT2D eigenvalue weighted by Gasteiger charge is -2.05. The van der Waals surface area contributed by atoms with Gasteiger partial charge >= 0.3 is 0 Å². The third-order valence-electron chi connectivity index (χ3n) is 2.27. The third kappa shape index (κ3) is 3.41. The van der Waals surface area contributed by atoms with Crippen LogP contribution in [0.3, 0.4) is 0 Å². The predicted octanol–water partition coefficient (Wildman–Crippen LogP) is 4.09. The first-order valence-corrected chi connectivity index (χ1v) is 4.46. The highest BCUT2D eigenvalue weighted by molar-refractivity contribution is 5.30. The monoisotopic (exact) mass is 152 g/mol. The predicted molar refractivity (Wildman–Crippen MR) is 52.7 cm³/mol. The molecule has 0 aliphatic heterocycles. The van der Waals surface area contributed by atoms with Crippen LogP contribution in [0.15, 0.2) is 22.8 Å². The summed E-state index contributed by atoms with van der Waals surface area (Å²) >= 11 is 0. The maximum atomic E-state index is 2.29. The van der Waals surface area contributed by atoms with E-state index in [1.165, 1.54) is 23.1 Å². The van der Waals surface area contributed by atoms with E-state index in [0.29, 0.717) is 0 Å². The van der Waals surface area contributed by atoms with E-state index in [-0.39, 0.29) is 0 Å². The summed E-state index contributed by atoms with van der Waals surface area (Å²) in [5.41, 5.74) is 4.41. The van der Waals surface area contributed by atoms with Crippen molar-refractivity contribution in [2.75, 3.05) is 0 Å². The first kappa shape index (κ1) is 10.5. The highest BCUT2D eigenvalue weighted by Gasteiger charge is 1.95. The fourth-order valence-corrected chi connectivity index (χ4v) is 1.06. The summed E-state index contributed by atoms with van der Waals surface area (Å²) in [6.07, 6.45) is 4.59. The second-order valence-corrected chi connectivity index (χ2v) is 3.05. The summed E-state index contributed by atoms with van der Waals surface area (Å²) in [6, 6.07) is 0. The molecular formula is C11H20. The second-order valence-electron chi connectivity index (χ2n) is 3.05. The van der Waals surface area contributed by atoms with Crippen molar-refractivity contribution >= 4 is 0 Å². The average Bonchev–Trinajstić information content (AvgIpc) is 2.02. The molecule has 0 saturated carbocycles. The first-order chi connectivity index (χ1) is 5.13. The van der Waals surface area contributed by atoms with E-state index in [4.69, 9.17) is 0 Å². The van der Waals surface area contributed by atoms with Gasteiger partial charge in [0.15, 0.2) is 0 Å². The average molecular weight is 152 g/mol. The van der Waals surface area contributed by atoms with Crippen LogP contribution >= 0.6 is 0 Å². The van der Waals surface area contributed by atoms with Crippen molar-refractivity contribution in [3.05, 3.63) is 22.8 Å². The van der Waals surface area contributed by atoms with Crippen molar-refractivity contribution in [1.29, 1.82) is 0 Å². The van der Waals surface area contributed by atoms with Gasteiger partial charge in [-0.1, -0.05) is 31.1 Å². The molecule has 0 heterocycles. The molecule has 0 aromatic heterocycles. The minimum Gasteiger partial charge on any atom is -0.0816 e. The summed E-state index contributed by atoms with van der Waals surface area (Å²) in [5.74, 6) is 0. The Hall–Kier alpha value is -0.520. The van der Waals surface area contributed by atoms with Crippen LogP contribution in [-0.4, -0.2) is 0 Å². The smallest absolute Gasteiger partial charge is 0.0346 e. The SMILES string of the molecule is CC/C=C(\C)C(C)=C(C)CC. The fourth-order valence-electron chi connectivity index (χ4n) is 1.06. The van der Waals surface area contributed by atoms with Crippen molar-refractivity contribution < 1.29 is 0 Å². The number of allylic oxidation sites excluding steroid dienone is 4. The molecule has 0 aliphatic carbocycles. The summed E-state index contributed by atoms with van der Waals surface area (Å²) in [7, 11) is 0. The summed E-state index contributed by atoms with van der Waals surface area (Å²) in [4.78, 5) is 0. The van der Waals surface area contributed by atoms with Crippen LogP contribution in [0.5, 0.6) is 0 Å². The van der Waals surface area contributed by atoms with Gasteiger partial charge < -0.3 is 0 Å². The third-order valence-corrected chi connectivity index (χ3v) is 2.27. The van der Waals surface area contributed by atoms with Crippen molar-refractivity contribution in [2.45, 2.75) is 47.5 Å². The van der Waals surface area contributed by atoms with E-state index in [9.17, 15) is 0 Å². The summed E-state index contributed by atoms with van der Waals surface area (Å²) < 4.78 is 0. The largest absolute Gasteiger partial charge is 0.0816 e. The minimum atomic E-state index is 1.14. The molecule has 0 bridgehead atoms. The van der Waals surface area contributed by atoms with Crippen LogP contribution in [0.4, 0.5) is 0 Å². The molecular weight excluding hydrogens is 132 g/mol. The molecule has 0 nitrogen and oxygen atoms in total. The van der Waals surface area contributed by atoms with Gasteiger partial charge in [-0.05, 0) is 39.2 Å². The highest BCUT2D eigenvalue weighted by atomic mass is 14.0. The molecule has 0 amide bonds. The number of rotatable bonds is 3. The van der Waals surface area contributed by atoms with Gasteiger partial charge in [-0.3, -0.25) is 0 Å². The summed E-state index contributed by atoms with van der Waals surface area (Å²) in [5, 5.41) is 0. The molecule has 0 aromatic carbocycles. The molecule has 0 N–H and O–H groups in total. The molecule has 0 radical (unpaired) electrons. The minimum absolute atomic E-state index is 1.14. The van der Waals surface area contributed by atoms with Gasteiger partial charge in [0.2, 0.25) is 0 Å². The normalized spacial score (nSPS) is 14.8. The van der Waals surface area contributed by atoms with Gasteiger partial charge in [0.1, 0.15) is 0 Å². The Balaban J connectivity index is 4.46. The second kappa shape index (κ2) is 5.17. The molecule has 0 aromatic rings. The molecule has 0 fully saturated rings. The Morgan fingerprint density at radius 3 is 2.00 bits per heavy atom. The van der Waals surface area contributed by atoms with Crippen LogP contribution in [0.1, 0.15) is 47.5 Å².